The van der Waals surface area contributed by atoms with Gasteiger partial charge < -0.3 is 19.1 Å². The molecule has 0 radical (unpaired) electrons. The van der Waals surface area contributed by atoms with E-state index in [-0.39, 0.29) is 18.4 Å². The number of aromatic nitrogens is 4. The summed E-state index contributed by atoms with van der Waals surface area (Å²) in [6, 6.07) is 1.82. The van der Waals surface area contributed by atoms with Crippen LogP contribution in [0.4, 0.5) is 5.95 Å². The molecule has 26 heavy (non-hydrogen) atoms. The SMILES string of the molecule is O=C(COCC1CN(c2ncccn2)Cc2cncn2C1)N1CCCC1. The van der Waals surface area contributed by atoms with Gasteiger partial charge >= 0.3 is 0 Å². The zero-order valence-electron chi connectivity index (χ0n) is 14.8. The molecule has 0 saturated carbocycles. The van der Waals surface area contributed by atoms with Crippen molar-refractivity contribution in [2.24, 2.45) is 5.92 Å². The fourth-order valence-electron chi connectivity index (χ4n) is 3.63. The van der Waals surface area contributed by atoms with Crippen LogP contribution in [0.25, 0.3) is 0 Å². The second-order valence-corrected chi connectivity index (χ2v) is 6.94. The molecule has 1 fully saturated rings. The summed E-state index contributed by atoms with van der Waals surface area (Å²) in [5.74, 6) is 1.05. The minimum Gasteiger partial charge on any atom is -0.371 e. The molecule has 2 aromatic rings. The van der Waals surface area contributed by atoms with Crippen molar-refractivity contribution in [3.63, 3.8) is 0 Å². The van der Waals surface area contributed by atoms with Crippen LogP contribution in [0.2, 0.25) is 0 Å². The first kappa shape index (κ1) is 17.0. The third kappa shape index (κ3) is 3.85. The zero-order chi connectivity index (χ0) is 17.8. The van der Waals surface area contributed by atoms with Crippen LogP contribution < -0.4 is 4.90 Å². The van der Waals surface area contributed by atoms with Crippen molar-refractivity contribution >= 4 is 11.9 Å². The van der Waals surface area contributed by atoms with Crippen molar-refractivity contribution in [3.8, 4) is 0 Å². The largest absolute Gasteiger partial charge is 0.371 e. The predicted octanol–water partition coefficient (Wildman–Crippen LogP) is 0.948. The topological polar surface area (TPSA) is 76.4 Å². The van der Waals surface area contributed by atoms with Crippen molar-refractivity contribution in [1.82, 2.24) is 24.4 Å². The number of carbonyl (C=O) groups is 1. The van der Waals surface area contributed by atoms with Crippen LogP contribution in [-0.4, -0.2) is 63.2 Å². The van der Waals surface area contributed by atoms with Crippen LogP contribution in [0.15, 0.2) is 31.0 Å². The molecule has 2 aliphatic heterocycles. The molecule has 1 atom stereocenters. The van der Waals surface area contributed by atoms with Gasteiger partial charge in [-0.3, -0.25) is 4.79 Å². The van der Waals surface area contributed by atoms with E-state index in [0.29, 0.717) is 19.1 Å². The number of ether oxygens (including phenoxy) is 1. The normalized spacial score (nSPS) is 20.1. The molecule has 1 amide bonds. The number of nitrogens with zero attached hydrogens (tertiary/aromatic N) is 6. The molecular weight excluding hydrogens is 332 g/mol. The Hall–Kier alpha value is -2.48. The molecule has 4 heterocycles. The molecule has 0 aromatic carbocycles. The molecule has 4 rings (SSSR count). The minimum absolute atomic E-state index is 0.0997. The van der Waals surface area contributed by atoms with E-state index in [2.05, 4.69) is 24.4 Å². The summed E-state index contributed by atoms with van der Waals surface area (Å²) in [6.45, 7) is 4.73. The summed E-state index contributed by atoms with van der Waals surface area (Å²) in [6.07, 6.45) is 9.45. The van der Waals surface area contributed by atoms with E-state index in [1.807, 2.05) is 23.5 Å². The fraction of sp³-hybridized carbons (Fsp3) is 0.556. The van der Waals surface area contributed by atoms with Gasteiger partial charge in [0.2, 0.25) is 11.9 Å². The quantitative estimate of drug-likeness (QED) is 0.794. The number of carbonyl (C=O) groups excluding carboxylic acids is 1. The summed E-state index contributed by atoms with van der Waals surface area (Å²) < 4.78 is 7.94. The minimum atomic E-state index is 0.0997. The van der Waals surface area contributed by atoms with E-state index in [4.69, 9.17) is 4.74 Å². The Balaban J connectivity index is 1.39. The highest BCUT2D eigenvalue weighted by Crippen LogP contribution is 2.20. The Morgan fingerprint density at radius 1 is 1.19 bits per heavy atom. The maximum atomic E-state index is 12.2. The highest BCUT2D eigenvalue weighted by atomic mass is 16.5. The van der Waals surface area contributed by atoms with Gasteiger partial charge in [0.05, 0.1) is 25.2 Å². The second kappa shape index (κ2) is 7.82. The third-order valence-electron chi connectivity index (χ3n) is 4.96. The molecule has 2 aromatic heterocycles. The Kier molecular flexibility index (Phi) is 5.10. The lowest BCUT2D eigenvalue weighted by atomic mass is 10.1. The van der Waals surface area contributed by atoms with Gasteiger partial charge in [0.25, 0.3) is 0 Å². The molecule has 0 aliphatic carbocycles. The van der Waals surface area contributed by atoms with E-state index in [1.165, 1.54) is 0 Å². The summed E-state index contributed by atoms with van der Waals surface area (Å²) >= 11 is 0. The highest BCUT2D eigenvalue weighted by molar-refractivity contribution is 5.77. The van der Waals surface area contributed by atoms with E-state index in [0.717, 1.165) is 44.7 Å². The number of likely N-dealkylation sites (tertiary alicyclic amines) is 1. The van der Waals surface area contributed by atoms with Gasteiger partial charge in [0, 0.05) is 50.7 Å². The predicted molar refractivity (Wildman–Crippen MR) is 95.4 cm³/mol. The first-order valence-corrected chi connectivity index (χ1v) is 9.16. The molecule has 138 valence electrons. The van der Waals surface area contributed by atoms with Gasteiger partial charge in [0.1, 0.15) is 6.61 Å². The molecule has 1 unspecified atom stereocenters. The number of rotatable bonds is 5. The van der Waals surface area contributed by atoms with Crippen molar-refractivity contribution in [3.05, 3.63) is 36.7 Å². The monoisotopic (exact) mass is 356 g/mol. The van der Waals surface area contributed by atoms with Crippen molar-refractivity contribution in [2.75, 3.05) is 37.7 Å². The summed E-state index contributed by atoms with van der Waals surface area (Å²) in [7, 11) is 0. The number of imidazole rings is 1. The lowest BCUT2D eigenvalue weighted by Gasteiger charge is -2.24. The Bertz CT molecular complexity index is 728. The lowest BCUT2D eigenvalue weighted by Crippen LogP contribution is -2.34. The van der Waals surface area contributed by atoms with E-state index < -0.39 is 0 Å². The average Bonchev–Trinajstić information content (AvgIpc) is 3.32. The van der Waals surface area contributed by atoms with Crippen molar-refractivity contribution < 1.29 is 9.53 Å². The van der Waals surface area contributed by atoms with Crippen LogP contribution in [-0.2, 0) is 22.6 Å². The third-order valence-corrected chi connectivity index (χ3v) is 4.96. The van der Waals surface area contributed by atoms with Gasteiger partial charge in [-0.15, -0.1) is 0 Å². The van der Waals surface area contributed by atoms with E-state index in [9.17, 15) is 4.79 Å². The molecule has 1 saturated heterocycles. The van der Waals surface area contributed by atoms with E-state index >= 15 is 0 Å². The number of hydrogen-bond acceptors (Lipinski definition) is 6. The first-order chi connectivity index (χ1) is 12.8. The van der Waals surface area contributed by atoms with Gasteiger partial charge in [0.15, 0.2) is 0 Å². The molecule has 2 aliphatic rings. The fourth-order valence-corrected chi connectivity index (χ4v) is 3.63. The highest BCUT2D eigenvalue weighted by Gasteiger charge is 2.24. The standard InChI is InChI=1S/C18H24N6O2/c25-17(22-6-1-2-7-22)13-26-12-15-9-23(18-20-4-3-5-21-18)11-16-8-19-14-24(16)10-15/h3-5,8,14-15H,1-2,6-7,9-13H2. The first-order valence-electron chi connectivity index (χ1n) is 9.16. The molecule has 0 N–H and O–H groups in total. The van der Waals surface area contributed by atoms with Crippen LogP contribution in [0, 0.1) is 5.92 Å². The lowest BCUT2D eigenvalue weighted by molar-refractivity contribution is -0.135. The van der Waals surface area contributed by atoms with Gasteiger partial charge in [-0.1, -0.05) is 0 Å². The number of anilines is 1. The molecule has 0 spiro atoms. The van der Waals surface area contributed by atoms with E-state index in [1.54, 1.807) is 12.4 Å². The van der Waals surface area contributed by atoms with Crippen LogP contribution in [0.3, 0.4) is 0 Å². The van der Waals surface area contributed by atoms with Crippen LogP contribution >= 0.6 is 0 Å². The Morgan fingerprint density at radius 3 is 2.81 bits per heavy atom. The van der Waals surface area contributed by atoms with Crippen LogP contribution in [0.1, 0.15) is 18.5 Å². The van der Waals surface area contributed by atoms with Crippen molar-refractivity contribution in [2.45, 2.75) is 25.9 Å². The van der Waals surface area contributed by atoms with Gasteiger partial charge in [-0.2, -0.15) is 0 Å². The van der Waals surface area contributed by atoms with Crippen LogP contribution in [0.5, 0.6) is 0 Å². The number of hydrogen-bond donors (Lipinski definition) is 0. The summed E-state index contributed by atoms with van der Waals surface area (Å²) in [5.41, 5.74) is 1.13. The molecular formula is C18H24N6O2. The molecule has 8 nitrogen and oxygen atoms in total. The average molecular weight is 356 g/mol. The van der Waals surface area contributed by atoms with Gasteiger partial charge in [-0.05, 0) is 18.9 Å². The molecule has 8 heteroatoms. The number of fused-ring (bicyclic) bond motifs is 1. The summed E-state index contributed by atoms with van der Waals surface area (Å²) in [4.78, 5) is 29.2. The zero-order valence-corrected chi connectivity index (χ0v) is 14.8. The Labute approximate surface area is 152 Å². The Morgan fingerprint density at radius 2 is 2.00 bits per heavy atom. The smallest absolute Gasteiger partial charge is 0.248 e. The van der Waals surface area contributed by atoms with Crippen molar-refractivity contribution in [1.29, 1.82) is 0 Å². The molecule has 0 bridgehead atoms. The maximum Gasteiger partial charge on any atom is 0.248 e. The van der Waals surface area contributed by atoms with Gasteiger partial charge in [-0.25, -0.2) is 15.0 Å². The maximum absolute atomic E-state index is 12.2. The number of amides is 1. The summed E-state index contributed by atoms with van der Waals surface area (Å²) in [5, 5.41) is 0. The second-order valence-electron chi connectivity index (χ2n) is 6.94.